The predicted molar refractivity (Wildman–Crippen MR) is 56.9 cm³/mol. The van der Waals surface area contributed by atoms with Crippen LogP contribution in [0.15, 0.2) is 36.9 Å². The first kappa shape index (κ1) is 10.4. The molecule has 16 heavy (non-hydrogen) atoms. The molecule has 1 heterocycles. The molecule has 1 aromatic carbocycles. The smallest absolute Gasteiger partial charge is 0.337 e. The van der Waals surface area contributed by atoms with E-state index in [1.54, 1.807) is 23.1 Å². The number of methoxy groups -OCH3 is 1. The third kappa shape index (κ3) is 2.25. The van der Waals surface area contributed by atoms with Crippen LogP contribution in [0.1, 0.15) is 15.9 Å². The van der Waals surface area contributed by atoms with E-state index in [0.717, 1.165) is 5.56 Å². The second-order valence-electron chi connectivity index (χ2n) is 3.29. The number of aromatic nitrogens is 3. The van der Waals surface area contributed by atoms with Crippen LogP contribution in [0, 0.1) is 0 Å². The van der Waals surface area contributed by atoms with Gasteiger partial charge in [0.25, 0.3) is 0 Å². The second kappa shape index (κ2) is 4.57. The van der Waals surface area contributed by atoms with E-state index in [2.05, 4.69) is 14.8 Å². The van der Waals surface area contributed by atoms with Crippen molar-refractivity contribution >= 4 is 5.97 Å². The molecule has 0 amide bonds. The number of esters is 1. The lowest BCUT2D eigenvalue weighted by molar-refractivity contribution is 0.0600. The maximum absolute atomic E-state index is 11.3. The molecular weight excluding hydrogens is 206 g/mol. The number of rotatable bonds is 3. The van der Waals surface area contributed by atoms with Gasteiger partial charge in [0, 0.05) is 0 Å². The first-order valence-electron chi connectivity index (χ1n) is 4.79. The molecule has 5 heteroatoms. The monoisotopic (exact) mass is 217 g/mol. The summed E-state index contributed by atoms with van der Waals surface area (Å²) in [5.74, 6) is -0.333. The van der Waals surface area contributed by atoms with Gasteiger partial charge in [0.05, 0.1) is 19.2 Å². The van der Waals surface area contributed by atoms with Crippen LogP contribution in [0.2, 0.25) is 0 Å². The van der Waals surface area contributed by atoms with Crippen LogP contribution < -0.4 is 0 Å². The van der Waals surface area contributed by atoms with Gasteiger partial charge in [-0.05, 0) is 17.7 Å². The minimum Gasteiger partial charge on any atom is -0.465 e. The van der Waals surface area contributed by atoms with Gasteiger partial charge in [-0.25, -0.2) is 14.5 Å². The van der Waals surface area contributed by atoms with Gasteiger partial charge in [-0.2, -0.15) is 5.10 Å². The first-order valence-corrected chi connectivity index (χ1v) is 4.79. The van der Waals surface area contributed by atoms with Crippen molar-refractivity contribution in [1.82, 2.24) is 14.8 Å². The average molecular weight is 217 g/mol. The molecule has 0 saturated heterocycles. The van der Waals surface area contributed by atoms with Crippen molar-refractivity contribution < 1.29 is 9.53 Å². The number of carbonyl (C=O) groups excluding carboxylic acids is 1. The Bertz CT molecular complexity index is 480. The maximum atomic E-state index is 11.3. The Hall–Kier alpha value is -2.17. The van der Waals surface area contributed by atoms with Crippen LogP contribution in [0.4, 0.5) is 0 Å². The standard InChI is InChI=1S/C11H11N3O2/c1-16-11(15)10-4-2-3-9(5-10)6-14-8-12-7-13-14/h2-5,7-8H,6H2,1H3. The topological polar surface area (TPSA) is 57.0 Å². The lowest BCUT2D eigenvalue weighted by atomic mass is 10.1. The van der Waals surface area contributed by atoms with Crippen LogP contribution >= 0.6 is 0 Å². The fraction of sp³-hybridized carbons (Fsp3) is 0.182. The van der Waals surface area contributed by atoms with Gasteiger partial charge in [-0.3, -0.25) is 0 Å². The van der Waals surface area contributed by atoms with E-state index in [-0.39, 0.29) is 5.97 Å². The Labute approximate surface area is 92.7 Å². The number of benzene rings is 1. The van der Waals surface area contributed by atoms with Gasteiger partial charge in [-0.15, -0.1) is 0 Å². The summed E-state index contributed by atoms with van der Waals surface area (Å²) < 4.78 is 6.34. The minimum absolute atomic E-state index is 0.333. The summed E-state index contributed by atoms with van der Waals surface area (Å²) in [6.45, 7) is 0.588. The molecule has 2 rings (SSSR count). The minimum atomic E-state index is -0.333. The largest absolute Gasteiger partial charge is 0.465 e. The van der Waals surface area contributed by atoms with Gasteiger partial charge in [0.1, 0.15) is 12.7 Å². The summed E-state index contributed by atoms with van der Waals surface area (Å²) in [6.07, 6.45) is 3.11. The molecule has 2 aromatic rings. The molecule has 0 aliphatic carbocycles. The highest BCUT2D eigenvalue weighted by atomic mass is 16.5. The van der Waals surface area contributed by atoms with Crippen molar-refractivity contribution in [2.45, 2.75) is 6.54 Å². The van der Waals surface area contributed by atoms with Crippen LogP contribution in [0.3, 0.4) is 0 Å². The van der Waals surface area contributed by atoms with Gasteiger partial charge < -0.3 is 4.74 Å². The Morgan fingerprint density at radius 2 is 2.38 bits per heavy atom. The molecule has 82 valence electrons. The zero-order valence-electron chi connectivity index (χ0n) is 8.83. The van der Waals surface area contributed by atoms with Crippen molar-refractivity contribution in [2.75, 3.05) is 7.11 Å². The zero-order chi connectivity index (χ0) is 11.4. The highest BCUT2D eigenvalue weighted by Crippen LogP contribution is 2.07. The Morgan fingerprint density at radius 3 is 3.06 bits per heavy atom. The molecule has 0 aliphatic rings. The van der Waals surface area contributed by atoms with E-state index >= 15 is 0 Å². The van der Waals surface area contributed by atoms with E-state index in [1.165, 1.54) is 13.4 Å². The van der Waals surface area contributed by atoms with E-state index in [4.69, 9.17) is 0 Å². The van der Waals surface area contributed by atoms with Crippen molar-refractivity contribution in [3.05, 3.63) is 48.0 Å². The van der Waals surface area contributed by atoms with E-state index < -0.39 is 0 Å². The SMILES string of the molecule is COC(=O)c1cccc(Cn2cncn2)c1. The number of hydrogen-bond acceptors (Lipinski definition) is 4. The number of nitrogens with zero attached hydrogens (tertiary/aromatic N) is 3. The van der Waals surface area contributed by atoms with E-state index in [0.29, 0.717) is 12.1 Å². The molecule has 0 fully saturated rings. The Kier molecular flexibility index (Phi) is 2.95. The van der Waals surface area contributed by atoms with Crippen LogP contribution in [0.25, 0.3) is 0 Å². The van der Waals surface area contributed by atoms with Gasteiger partial charge in [0.15, 0.2) is 0 Å². The Morgan fingerprint density at radius 1 is 1.50 bits per heavy atom. The van der Waals surface area contributed by atoms with Crippen molar-refractivity contribution in [3.8, 4) is 0 Å². The molecule has 5 nitrogen and oxygen atoms in total. The molecule has 0 N–H and O–H groups in total. The lowest BCUT2D eigenvalue weighted by Crippen LogP contribution is -2.04. The number of ether oxygens (including phenoxy) is 1. The van der Waals surface area contributed by atoms with Gasteiger partial charge >= 0.3 is 5.97 Å². The molecule has 0 saturated carbocycles. The average Bonchev–Trinajstić information content (AvgIpc) is 2.81. The third-order valence-corrected chi connectivity index (χ3v) is 2.16. The molecule has 0 aliphatic heterocycles. The molecule has 0 atom stereocenters. The molecule has 0 radical (unpaired) electrons. The normalized spacial score (nSPS) is 10.1. The van der Waals surface area contributed by atoms with Crippen molar-refractivity contribution in [2.24, 2.45) is 0 Å². The summed E-state index contributed by atoms with van der Waals surface area (Å²) in [6, 6.07) is 7.25. The zero-order valence-corrected chi connectivity index (χ0v) is 8.83. The summed E-state index contributed by atoms with van der Waals surface area (Å²) in [7, 11) is 1.37. The molecule has 0 unspecified atom stereocenters. The quantitative estimate of drug-likeness (QED) is 0.723. The number of hydrogen-bond donors (Lipinski definition) is 0. The maximum Gasteiger partial charge on any atom is 0.337 e. The lowest BCUT2D eigenvalue weighted by Gasteiger charge is -2.03. The van der Waals surface area contributed by atoms with Crippen LogP contribution in [-0.2, 0) is 11.3 Å². The van der Waals surface area contributed by atoms with Gasteiger partial charge in [-0.1, -0.05) is 12.1 Å². The predicted octanol–water partition coefficient (Wildman–Crippen LogP) is 1.11. The third-order valence-electron chi connectivity index (χ3n) is 2.16. The molecule has 1 aromatic heterocycles. The second-order valence-corrected chi connectivity index (χ2v) is 3.29. The fourth-order valence-corrected chi connectivity index (χ4v) is 1.42. The molecule has 0 spiro atoms. The summed E-state index contributed by atoms with van der Waals surface area (Å²) >= 11 is 0. The summed E-state index contributed by atoms with van der Waals surface area (Å²) in [5, 5.41) is 4.00. The highest BCUT2D eigenvalue weighted by molar-refractivity contribution is 5.89. The summed E-state index contributed by atoms with van der Waals surface area (Å²) in [4.78, 5) is 15.2. The van der Waals surface area contributed by atoms with Crippen molar-refractivity contribution in [1.29, 1.82) is 0 Å². The van der Waals surface area contributed by atoms with Crippen molar-refractivity contribution in [3.63, 3.8) is 0 Å². The highest BCUT2D eigenvalue weighted by Gasteiger charge is 2.05. The first-order chi connectivity index (χ1) is 7.79. The molecular formula is C11H11N3O2. The fourth-order valence-electron chi connectivity index (χ4n) is 1.42. The van der Waals surface area contributed by atoms with E-state index in [1.807, 2.05) is 12.1 Å². The molecule has 0 bridgehead atoms. The van der Waals surface area contributed by atoms with Crippen LogP contribution in [0.5, 0.6) is 0 Å². The Balaban J connectivity index is 2.19. The van der Waals surface area contributed by atoms with Crippen LogP contribution in [-0.4, -0.2) is 27.8 Å². The van der Waals surface area contributed by atoms with Gasteiger partial charge in [0.2, 0.25) is 0 Å². The van der Waals surface area contributed by atoms with E-state index in [9.17, 15) is 4.79 Å². The number of carbonyl (C=O) groups is 1. The summed E-state index contributed by atoms with van der Waals surface area (Å²) in [5.41, 5.74) is 1.52.